The average molecular weight is 226 g/mol. The molecule has 0 aromatic heterocycles. The summed E-state index contributed by atoms with van der Waals surface area (Å²) in [6.45, 7) is 4.35. The second-order valence-electron chi connectivity index (χ2n) is 3.57. The summed E-state index contributed by atoms with van der Waals surface area (Å²) < 4.78 is 5.62. The summed E-state index contributed by atoms with van der Waals surface area (Å²) in [6, 6.07) is 7.75. The lowest BCUT2D eigenvalue weighted by Gasteiger charge is -2.13. The van der Waals surface area contributed by atoms with Crippen molar-refractivity contribution >= 4 is 11.6 Å². The van der Waals surface area contributed by atoms with Crippen molar-refractivity contribution in [1.29, 1.82) is 0 Å². The van der Waals surface area contributed by atoms with Gasteiger partial charge in [0.05, 0.1) is 0 Å². The van der Waals surface area contributed by atoms with Crippen molar-refractivity contribution < 1.29 is 4.74 Å². The van der Waals surface area contributed by atoms with E-state index in [1.807, 2.05) is 38.1 Å². The molecule has 82 valence electrons. The molecule has 0 unspecified atom stereocenters. The number of nitrogens with two attached hydrogens (primary N) is 1. The van der Waals surface area contributed by atoms with Gasteiger partial charge in [0, 0.05) is 17.1 Å². The Morgan fingerprint density at radius 2 is 2.20 bits per heavy atom. The van der Waals surface area contributed by atoms with Gasteiger partial charge in [-0.05, 0) is 25.5 Å². The van der Waals surface area contributed by atoms with Gasteiger partial charge in [-0.2, -0.15) is 0 Å². The van der Waals surface area contributed by atoms with Crippen molar-refractivity contribution in [2.75, 3.05) is 6.61 Å². The zero-order valence-electron chi connectivity index (χ0n) is 9.03. The molecule has 3 heteroatoms. The van der Waals surface area contributed by atoms with E-state index in [0.29, 0.717) is 6.61 Å². The molecule has 0 radical (unpaired) electrons. The Labute approximate surface area is 95.7 Å². The Bertz CT molecular complexity index is 347. The number of halogens is 1. The first-order valence-corrected chi connectivity index (χ1v) is 5.32. The highest BCUT2D eigenvalue weighted by atomic mass is 35.5. The van der Waals surface area contributed by atoms with Gasteiger partial charge in [0.2, 0.25) is 0 Å². The monoisotopic (exact) mass is 225 g/mol. The van der Waals surface area contributed by atoms with Gasteiger partial charge in [-0.15, -0.1) is 0 Å². The molecular formula is C12H16ClNO. The number of hydrogen-bond donors (Lipinski definition) is 1. The molecule has 1 aromatic rings. The molecule has 1 aromatic carbocycles. The van der Waals surface area contributed by atoms with Crippen LogP contribution in [0.1, 0.15) is 25.5 Å². The van der Waals surface area contributed by atoms with Crippen LogP contribution in [-0.2, 0) is 0 Å². The van der Waals surface area contributed by atoms with Crippen molar-refractivity contribution in [2.24, 2.45) is 5.73 Å². The molecule has 1 rings (SSSR count). The number of para-hydroxylation sites is 1. The molecule has 1 atom stereocenters. The summed E-state index contributed by atoms with van der Waals surface area (Å²) in [6.07, 6.45) is 0. The lowest BCUT2D eigenvalue weighted by molar-refractivity contribution is 0.346. The lowest BCUT2D eigenvalue weighted by Crippen LogP contribution is -2.08. The van der Waals surface area contributed by atoms with E-state index in [1.165, 1.54) is 5.54 Å². The second-order valence-corrected chi connectivity index (χ2v) is 3.79. The fourth-order valence-electron chi connectivity index (χ4n) is 1.21. The lowest BCUT2D eigenvalue weighted by atomic mass is 10.1. The van der Waals surface area contributed by atoms with Crippen molar-refractivity contribution in [1.82, 2.24) is 0 Å². The molecule has 0 aliphatic carbocycles. The maximum absolute atomic E-state index is 5.83. The molecule has 0 saturated heterocycles. The van der Waals surface area contributed by atoms with Crippen LogP contribution < -0.4 is 10.5 Å². The molecule has 0 saturated carbocycles. The molecule has 2 nitrogen and oxygen atoms in total. The van der Waals surface area contributed by atoms with Gasteiger partial charge in [0.25, 0.3) is 0 Å². The van der Waals surface area contributed by atoms with Crippen molar-refractivity contribution in [3.63, 3.8) is 0 Å². The van der Waals surface area contributed by atoms with E-state index in [4.69, 9.17) is 22.1 Å². The third-order valence-corrected chi connectivity index (χ3v) is 2.42. The van der Waals surface area contributed by atoms with Gasteiger partial charge < -0.3 is 10.5 Å². The topological polar surface area (TPSA) is 35.2 Å². The second kappa shape index (κ2) is 5.79. The highest BCUT2D eigenvalue weighted by molar-refractivity contribution is 6.25. The molecule has 0 bridgehead atoms. The maximum Gasteiger partial charge on any atom is 0.124 e. The number of ether oxygens (including phenoxy) is 1. The van der Waals surface area contributed by atoms with Crippen LogP contribution in [0, 0.1) is 0 Å². The fraction of sp³-hybridized carbons (Fsp3) is 0.333. The Morgan fingerprint density at radius 1 is 1.53 bits per heavy atom. The van der Waals surface area contributed by atoms with E-state index < -0.39 is 0 Å². The van der Waals surface area contributed by atoms with E-state index in [-0.39, 0.29) is 6.04 Å². The van der Waals surface area contributed by atoms with Crippen LogP contribution in [0.3, 0.4) is 0 Å². The zero-order chi connectivity index (χ0) is 11.3. The maximum atomic E-state index is 5.83. The van der Waals surface area contributed by atoms with Crippen LogP contribution >= 0.6 is 11.6 Å². The highest BCUT2D eigenvalue weighted by Gasteiger charge is 2.06. The molecule has 0 amide bonds. The summed E-state index contributed by atoms with van der Waals surface area (Å²) in [5.41, 5.74) is 9.35. The van der Waals surface area contributed by atoms with Crippen LogP contribution in [0.25, 0.3) is 0 Å². The zero-order valence-corrected chi connectivity index (χ0v) is 9.79. The summed E-state index contributed by atoms with van der Waals surface area (Å²) in [7, 11) is 0. The van der Waals surface area contributed by atoms with Crippen molar-refractivity contribution in [3.05, 3.63) is 40.9 Å². The molecule has 2 N–H and O–H groups in total. The van der Waals surface area contributed by atoms with E-state index in [2.05, 4.69) is 0 Å². The minimum absolute atomic E-state index is 0.0264. The van der Waals surface area contributed by atoms with Crippen LogP contribution in [0.15, 0.2) is 35.4 Å². The van der Waals surface area contributed by atoms with E-state index in [1.54, 1.807) is 0 Å². The first kappa shape index (κ1) is 12.1. The van der Waals surface area contributed by atoms with E-state index in [0.717, 1.165) is 16.9 Å². The summed E-state index contributed by atoms with van der Waals surface area (Å²) >= 11 is 5.55. The Kier molecular flexibility index (Phi) is 4.66. The van der Waals surface area contributed by atoms with Gasteiger partial charge in [0.15, 0.2) is 0 Å². The van der Waals surface area contributed by atoms with Crippen molar-refractivity contribution in [3.8, 4) is 5.75 Å². The third kappa shape index (κ3) is 3.57. The molecular weight excluding hydrogens is 210 g/mol. The van der Waals surface area contributed by atoms with Gasteiger partial charge in [-0.1, -0.05) is 29.8 Å². The highest BCUT2D eigenvalue weighted by Crippen LogP contribution is 2.23. The molecule has 0 aliphatic heterocycles. The van der Waals surface area contributed by atoms with E-state index in [9.17, 15) is 0 Å². The SMILES string of the molecule is C/C(=C\Cl)COc1ccccc1[C@H](C)N. The molecule has 0 fully saturated rings. The predicted molar refractivity (Wildman–Crippen MR) is 64.1 cm³/mol. The summed E-state index contributed by atoms with van der Waals surface area (Å²) in [4.78, 5) is 0. The van der Waals surface area contributed by atoms with Crippen molar-refractivity contribution in [2.45, 2.75) is 19.9 Å². The standard InChI is InChI=1S/C12H16ClNO/c1-9(7-13)8-15-12-6-4-3-5-11(12)10(2)14/h3-7,10H,8,14H2,1-2H3/b9-7+/t10-/m0/s1. The minimum atomic E-state index is -0.0264. The first-order valence-electron chi connectivity index (χ1n) is 4.88. The van der Waals surface area contributed by atoms with Gasteiger partial charge in [0.1, 0.15) is 12.4 Å². The number of rotatable bonds is 4. The van der Waals surface area contributed by atoms with Crippen LogP contribution in [0.2, 0.25) is 0 Å². The molecule has 0 spiro atoms. The Balaban J connectivity index is 2.76. The molecule has 0 heterocycles. The smallest absolute Gasteiger partial charge is 0.124 e. The van der Waals surface area contributed by atoms with Crippen LogP contribution in [0.5, 0.6) is 5.75 Å². The predicted octanol–water partition coefficient (Wildman–Crippen LogP) is 3.23. The number of benzene rings is 1. The first-order chi connectivity index (χ1) is 7.15. The quantitative estimate of drug-likeness (QED) is 0.854. The van der Waals surface area contributed by atoms with Crippen LogP contribution in [-0.4, -0.2) is 6.61 Å². The fourth-order valence-corrected chi connectivity index (χ4v) is 1.27. The third-order valence-electron chi connectivity index (χ3n) is 2.05. The van der Waals surface area contributed by atoms with Gasteiger partial charge in [-0.25, -0.2) is 0 Å². The van der Waals surface area contributed by atoms with Gasteiger partial charge in [-0.3, -0.25) is 0 Å². The van der Waals surface area contributed by atoms with Gasteiger partial charge >= 0.3 is 0 Å². The Morgan fingerprint density at radius 3 is 2.80 bits per heavy atom. The summed E-state index contributed by atoms with van der Waals surface area (Å²) in [5.74, 6) is 0.824. The largest absolute Gasteiger partial charge is 0.489 e. The van der Waals surface area contributed by atoms with E-state index >= 15 is 0 Å². The molecule has 15 heavy (non-hydrogen) atoms. The number of hydrogen-bond acceptors (Lipinski definition) is 2. The molecule has 0 aliphatic rings. The normalized spacial score (nSPS) is 13.7. The average Bonchev–Trinajstić information content (AvgIpc) is 2.26. The minimum Gasteiger partial charge on any atom is -0.489 e. The Hall–Kier alpha value is -0.990. The van der Waals surface area contributed by atoms with Crippen LogP contribution in [0.4, 0.5) is 0 Å². The summed E-state index contributed by atoms with van der Waals surface area (Å²) in [5, 5.41) is 0.